The number of hydrogen-bond donors (Lipinski definition) is 2. The standard InChI is InChI=1S/C12H21NO7S/c1-2-20-10(14)3-8-21(17,18)13-9-12(11(15)16)4-6-19-7-5-12/h13H,2-9H2,1H3,(H,15,16). The molecule has 0 aromatic heterocycles. The molecule has 0 aromatic carbocycles. The summed E-state index contributed by atoms with van der Waals surface area (Å²) in [5.41, 5.74) is -1.14. The van der Waals surface area contributed by atoms with Crippen LogP contribution in [0.4, 0.5) is 0 Å². The third-order valence-corrected chi connectivity index (χ3v) is 4.74. The predicted octanol–water partition coefficient (Wildman–Crippen LogP) is -0.260. The van der Waals surface area contributed by atoms with Crippen LogP contribution in [0.1, 0.15) is 26.2 Å². The first-order valence-electron chi connectivity index (χ1n) is 6.75. The van der Waals surface area contributed by atoms with Gasteiger partial charge in [-0.15, -0.1) is 0 Å². The molecule has 2 N–H and O–H groups in total. The van der Waals surface area contributed by atoms with Crippen LogP contribution >= 0.6 is 0 Å². The number of carbonyl (C=O) groups excluding carboxylic acids is 1. The summed E-state index contributed by atoms with van der Waals surface area (Å²) in [4.78, 5) is 22.5. The number of aliphatic carboxylic acids is 1. The maximum atomic E-state index is 11.8. The van der Waals surface area contributed by atoms with Gasteiger partial charge in [-0.05, 0) is 19.8 Å². The number of rotatable bonds is 8. The van der Waals surface area contributed by atoms with Crippen molar-refractivity contribution in [3.63, 3.8) is 0 Å². The molecule has 1 aliphatic rings. The summed E-state index contributed by atoms with van der Waals surface area (Å²) < 4.78 is 35.6. The summed E-state index contributed by atoms with van der Waals surface area (Å²) in [6.45, 7) is 2.20. The number of carboxylic acids is 1. The molecule has 0 saturated carbocycles. The van der Waals surface area contributed by atoms with Crippen molar-refractivity contribution in [2.24, 2.45) is 5.41 Å². The van der Waals surface area contributed by atoms with Crippen LogP contribution in [-0.4, -0.2) is 57.6 Å². The minimum atomic E-state index is -3.72. The van der Waals surface area contributed by atoms with Gasteiger partial charge < -0.3 is 14.6 Å². The van der Waals surface area contributed by atoms with E-state index in [1.807, 2.05) is 0 Å². The maximum Gasteiger partial charge on any atom is 0.311 e. The molecular formula is C12H21NO7S. The average molecular weight is 323 g/mol. The lowest BCUT2D eigenvalue weighted by atomic mass is 9.80. The molecule has 122 valence electrons. The average Bonchev–Trinajstić information content (AvgIpc) is 2.45. The van der Waals surface area contributed by atoms with Gasteiger partial charge in [-0.2, -0.15) is 0 Å². The Bertz CT molecular complexity index is 468. The molecule has 9 heteroatoms. The quantitative estimate of drug-likeness (QED) is 0.591. The highest BCUT2D eigenvalue weighted by Crippen LogP contribution is 2.30. The van der Waals surface area contributed by atoms with Crippen LogP contribution in [0, 0.1) is 5.41 Å². The van der Waals surface area contributed by atoms with E-state index in [9.17, 15) is 23.1 Å². The molecule has 0 spiro atoms. The van der Waals surface area contributed by atoms with Crippen molar-refractivity contribution in [1.82, 2.24) is 4.72 Å². The second kappa shape index (κ2) is 7.71. The number of carbonyl (C=O) groups is 2. The van der Waals surface area contributed by atoms with Crippen molar-refractivity contribution >= 4 is 22.0 Å². The first-order valence-corrected chi connectivity index (χ1v) is 8.41. The fraction of sp³-hybridized carbons (Fsp3) is 0.833. The number of hydrogen-bond acceptors (Lipinski definition) is 6. The molecule has 0 aliphatic carbocycles. The number of carboxylic acid groups (broad SMARTS) is 1. The van der Waals surface area contributed by atoms with Crippen molar-refractivity contribution < 1.29 is 32.6 Å². The Hall–Kier alpha value is -1.19. The Morgan fingerprint density at radius 2 is 1.95 bits per heavy atom. The molecule has 0 bridgehead atoms. The van der Waals surface area contributed by atoms with Crippen LogP contribution < -0.4 is 4.72 Å². The van der Waals surface area contributed by atoms with Gasteiger partial charge in [0.25, 0.3) is 0 Å². The van der Waals surface area contributed by atoms with E-state index in [4.69, 9.17) is 4.74 Å². The summed E-state index contributed by atoms with van der Waals surface area (Å²) in [5.74, 6) is -2.06. The smallest absolute Gasteiger partial charge is 0.311 e. The van der Waals surface area contributed by atoms with Gasteiger partial charge >= 0.3 is 11.9 Å². The lowest BCUT2D eigenvalue weighted by Gasteiger charge is -2.33. The van der Waals surface area contributed by atoms with Crippen molar-refractivity contribution in [1.29, 1.82) is 0 Å². The SMILES string of the molecule is CCOC(=O)CCS(=O)(=O)NCC1(C(=O)O)CCOCC1. The van der Waals surface area contributed by atoms with Crippen molar-refractivity contribution in [3.8, 4) is 0 Å². The summed E-state index contributed by atoms with van der Waals surface area (Å²) >= 11 is 0. The molecule has 1 fully saturated rings. The van der Waals surface area contributed by atoms with E-state index in [0.717, 1.165) is 0 Å². The number of ether oxygens (including phenoxy) is 2. The molecule has 8 nitrogen and oxygen atoms in total. The largest absolute Gasteiger partial charge is 0.481 e. The van der Waals surface area contributed by atoms with E-state index in [1.165, 1.54) is 0 Å². The topological polar surface area (TPSA) is 119 Å². The molecule has 0 amide bonds. The molecule has 0 radical (unpaired) electrons. The Morgan fingerprint density at radius 1 is 1.33 bits per heavy atom. The maximum absolute atomic E-state index is 11.8. The van der Waals surface area contributed by atoms with Crippen LogP contribution in [-0.2, 0) is 29.1 Å². The molecule has 0 atom stereocenters. The first-order chi connectivity index (χ1) is 9.81. The predicted molar refractivity (Wildman–Crippen MR) is 73.2 cm³/mol. The number of esters is 1. The molecule has 0 unspecified atom stereocenters. The van der Waals surface area contributed by atoms with Gasteiger partial charge in [0, 0.05) is 19.8 Å². The molecule has 1 rings (SSSR count). The van der Waals surface area contributed by atoms with E-state index in [0.29, 0.717) is 0 Å². The Balaban J connectivity index is 2.54. The zero-order valence-electron chi connectivity index (χ0n) is 12.0. The van der Waals surface area contributed by atoms with E-state index >= 15 is 0 Å². The lowest BCUT2D eigenvalue weighted by molar-refractivity contribution is -0.154. The van der Waals surface area contributed by atoms with Gasteiger partial charge in [0.1, 0.15) is 0 Å². The monoisotopic (exact) mass is 323 g/mol. The van der Waals surface area contributed by atoms with Gasteiger partial charge in [-0.25, -0.2) is 13.1 Å². The highest BCUT2D eigenvalue weighted by Gasteiger charge is 2.40. The van der Waals surface area contributed by atoms with Gasteiger partial charge in [-0.1, -0.05) is 0 Å². The second-order valence-corrected chi connectivity index (χ2v) is 6.82. The van der Waals surface area contributed by atoms with Crippen LogP contribution in [0.2, 0.25) is 0 Å². The minimum Gasteiger partial charge on any atom is -0.481 e. The van der Waals surface area contributed by atoms with Crippen LogP contribution in [0.15, 0.2) is 0 Å². The van der Waals surface area contributed by atoms with E-state index in [2.05, 4.69) is 9.46 Å². The Labute approximate surface area is 123 Å². The molecular weight excluding hydrogens is 302 g/mol. The Kier molecular flexibility index (Phi) is 6.56. The van der Waals surface area contributed by atoms with E-state index < -0.39 is 33.1 Å². The summed E-state index contributed by atoms with van der Waals surface area (Å²) in [6.07, 6.45) is 0.248. The summed E-state index contributed by atoms with van der Waals surface area (Å²) in [6, 6.07) is 0. The molecule has 1 heterocycles. The van der Waals surface area contributed by atoms with Gasteiger partial charge in [0.05, 0.1) is 24.2 Å². The van der Waals surface area contributed by atoms with E-state index in [1.54, 1.807) is 6.92 Å². The summed E-state index contributed by atoms with van der Waals surface area (Å²) in [5, 5.41) is 9.31. The normalized spacial score (nSPS) is 18.1. The van der Waals surface area contributed by atoms with Crippen molar-refractivity contribution in [2.75, 3.05) is 32.1 Å². The Morgan fingerprint density at radius 3 is 2.48 bits per heavy atom. The van der Waals surface area contributed by atoms with Gasteiger partial charge in [0.15, 0.2) is 0 Å². The highest BCUT2D eigenvalue weighted by atomic mass is 32.2. The third kappa shape index (κ3) is 5.60. The number of nitrogens with one attached hydrogen (secondary N) is 1. The number of sulfonamides is 1. The molecule has 1 saturated heterocycles. The van der Waals surface area contributed by atoms with Gasteiger partial charge in [0.2, 0.25) is 10.0 Å². The second-order valence-electron chi connectivity index (χ2n) is 4.89. The third-order valence-electron chi connectivity index (χ3n) is 3.41. The highest BCUT2D eigenvalue weighted by molar-refractivity contribution is 7.89. The van der Waals surface area contributed by atoms with Crippen molar-refractivity contribution in [3.05, 3.63) is 0 Å². The molecule has 1 aliphatic heterocycles. The zero-order chi connectivity index (χ0) is 15.9. The fourth-order valence-electron chi connectivity index (χ4n) is 2.00. The van der Waals surface area contributed by atoms with Crippen LogP contribution in [0.25, 0.3) is 0 Å². The molecule has 0 aromatic rings. The fourth-order valence-corrected chi connectivity index (χ4v) is 3.08. The molecule has 21 heavy (non-hydrogen) atoms. The van der Waals surface area contributed by atoms with Crippen LogP contribution in [0.5, 0.6) is 0 Å². The van der Waals surface area contributed by atoms with Crippen molar-refractivity contribution in [2.45, 2.75) is 26.2 Å². The minimum absolute atomic E-state index is 0.189. The van der Waals surface area contributed by atoms with Crippen LogP contribution in [0.3, 0.4) is 0 Å². The summed E-state index contributed by atoms with van der Waals surface area (Å²) in [7, 11) is -3.72. The zero-order valence-corrected chi connectivity index (χ0v) is 12.8. The lowest BCUT2D eigenvalue weighted by Crippen LogP contribution is -2.47. The van der Waals surface area contributed by atoms with Gasteiger partial charge in [-0.3, -0.25) is 9.59 Å². The van der Waals surface area contributed by atoms with E-state index in [-0.39, 0.29) is 45.6 Å². The first kappa shape index (κ1) is 17.9.